The molecule has 3 aliphatic rings. The number of anilines is 1. The molecule has 6 rings (SSSR count). The molecule has 2 bridgehead atoms. The second kappa shape index (κ2) is 6.60. The van der Waals surface area contributed by atoms with Crippen LogP contribution in [0.5, 0.6) is 0 Å². The van der Waals surface area contributed by atoms with Gasteiger partial charge in [0.2, 0.25) is 10.0 Å². The lowest BCUT2D eigenvalue weighted by molar-refractivity contribution is -0.120. The van der Waals surface area contributed by atoms with Crippen molar-refractivity contribution >= 4 is 38.4 Å². The first-order chi connectivity index (χ1) is 15.4. The van der Waals surface area contributed by atoms with E-state index in [9.17, 15) is 22.4 Å². The van der Waals surface area contributed by atoms with Crippen LogP contribution in [0.4, 0.5) is 14.9 Å². The Morgan fingerprint density at radius 2 is 1.62 bits per heavy atom. The number of imide groups is 1. The molecule has 0 aromatic heterocycles. The summed E-state index contributed by atoms with van der Waals surface area (Å²) in [4.78, 5) is 29.0. The van der Waals surface area contributed by atoms with E-state index >= 15 is 0 Å². The molecule has 0 radical (unpaired) electrons. The molecule has 3 saturated heterocycles. The zero-order chi connectivity index (χ0) is 22.2. The highest BCUT2D eigenvalue weighted by atomic mass is 32.2. The van der Waals surface area contributed by atoms with Crippen LogP contribution in [0.1, 0.15) is 6.42 Å². The van der Waals surface area contributed by atoms with Gasteiger partial charge in [-0.2, -0.15) is 4.31 Å². The Labute approximate surface area is 183 Å². The number of carbonyl (C=O) groups excluding carboxylic acids is 2. The lowest BCUT2D eigenvalue weighted by Gasteiger charge is -2.34. The number of sulfonamides is 1. The Kier molecular flexibility index (Phi) is 4.00. The Bertz CT molecular complexity index is 1400. The fourth-order valence-electron chi connectivity index (χ4n) is 5.30. The Balaban J connectivity index is 1.40. The van der Waals surface area contributed by atoms with Gasteiger partial charge >= 0.3 is 6.03 Å². The molecule has 9 heteroatoms. The predicted octanol–water partition coefficient (Wildman–Crippen LogP) is 2.96. The SMILES string of the molecule is O=C1C2C3CC(CN3S(=O)(=O)c3ccccc3F)N2C(=O)N1c1cccc2ccccc12. The van der Waals surface area contributed by atoms with Crippen LogP contribution in [-0.4, -0.2) is 54.2 Å². The maximum absolute atomic E-state index is 14.3. The molecule has 0 aliphatic carbocycles. The number of hydrogen-bond acceptors (Lipinski definition) is 4. The topological polar surface area (TPSA) is 78.0 Å². The summed E-state index contributed by atoms with van der Waals surface area (Å²) in [5.41, 5.74) is 0.482. The lowest BCUT2D eigenvalue weighted by atomic mass is 10.1. The first-order valence-corrected chi connectivity index (χ1v) is 11.7. The van der Waals surface area contributed by atoms with Gasteiger partial charge in [0, 0.05) is 18.0 Å². The van der Waals surface area contributed by atoms with E-state index in [1.165, 1.54) is 27.4 Å². The molecule has 0 spiro atoms. The molecule has 3 fully saturated rings. The molecule has 0 saturated carbocycles. The van der Waals surface area contributed by atoms with Crippen molar-refractivity contribution in [1.29, 1.82) is 0 Å². The van der Waals surface area contributed by atoms with Crippen LogP contribution in [0.25, 0.3) is 10.8 Å². The van der Waals surface area contributed by atoms with Gasteiger partial charge in [-0.1, -0.05) is 48.5 Å². The number of hydrogen-bond donors (Lipinski definition) is 0. The average molecular weight is 451 g/mol. The zero-order valence-electron chi connectivity index (χ0n) is 16.8. The number of fused-ring (bicyclic) bond motifs is 6. The summed E-state index contributed by atoms with van der Waals surface area (Å²) >= 11 is 0. The maximum atomic E-state index is 14.3. The molecule has 162 valence electrons. The minimum Gasteiger partial charge on any atom is -0.306 e. The lowest BCUT2D eigenvalue weighted by Crippen LogP contribution is -2.54. The number of rotatable bonds is 3. The largest absolute Gasteiger partial charge is 0.332 e. The highest BCUT2D eigenvalue weighted by Gasteiger charge is 2.64. The summed E-state index contributed by atoms with van der Waals surface area (Å²) in [6, 6.07) is 15.6. The van der Waals surface area contributed by atoms with Crippen molar-refractivity contribution in [1.82, 2.24) is 9.21 Å². The van der Waals surface area contributed by atoms with Crippen LogP contribution in [0.15, 0.2) is 71.6 Å². The molecular formula is C23H18FN3O4S. The third kappa shape index (κ3) is 2.46. The van der Waals surface area contributed by atoms with E-state index in [1.54, 1.807) is 12.1 Å². The number of piperazine rings is 1. The number of carbonyl (C=O) groups is 2. The van der Waals surface area contributed by atoms with Crippen molar-refractivity contribution in [3.8, 4) is 0 Å². The fourth-order valence-corrected chi connectivity index (χ4v) is 7.04. The summed E-state index contributed by atoms with van der Waals surface area (Å²) in [6.45, 7) is 0.0419. The van der Waals surface area contributed by atoms with Crippen LogP contribution in [-0.2, 0) is 14.8 Å². The minimum atomic E-state index is -4.15. The van der Waals surface area contributed by atoms with E-state index in [-0.39, 0.29) is 6.54 Å². The van der Waals surface area contributed by atoms with Crippen LogP contribution < -0.4 is 4.90 Å². The first kappa shape index (κ1) is 19.4. The van der Waals surface area contributed by atoms with Crippen LogP contribution >= 0.6 is 0 Å². The van der Waals surface area contributed by atoms with Gasteiger partial charge < -0.3 is 4.90 Å². The summed E-state index contributed by atoms with van der Waals surface area (Å²) in [5.74, 6) is -1.29. The minimum absolute atomic E-state index is 0.0419. The van der Waals surface area contributed by atoms with E-state index in [2.05, 4.69) is 0 Å². The summed E-state index contributed by atoms with van der Waals surface area (Å²) in [5, 5.41) is 1.66. The summed E-state index contributed by atoms with van der Waals surface area (Å²) < 4.78 is 41.9. The normalized spacial score (nSPS) is 25.2. The molecular weight excluding hydrogens is 433 g/mol. The van der Waals surface area contributed by atoms with Gasteiger partial charge in [0.1, 0.15) is 16.8 Å². The third-order valence-electron chi connectivity index (χ3n) is 6.65. The second-order valence-electron chi connectivity index (χ2n) is 8.27. The van der Waals surface area contributed by atoms with Crippen LogP contribution in [0.2, 0.25) is 0 Å². The quantitative estimate of drug-likeness (QED) is 0.574. The van der Waals surface area contributed by atoms with E-state index in [0.717, 1.165) is 21.7 Å². The van der Waals surface area contributed by atoms with E-state index in [0.29, 0.717) is 12.1 Å². The molecule has 7 nitrogen and oxygen atoms in total. The number of amides is 3. The van der Waals surface area contributed by atoms with Crippen molar-refractivity contribution in [2.45, 2.75) is 29.4 Å². The summed E-state index contributed by atoms with van der Waals surface area (Å²) in [7, 11) is -4.15. The van der Waals surface area contributed by atoms with Gasteiger partial charge in [-0.05, 0) is 30.0 Å². The predicted molar refractivity (Wildman–Crippen MR) is 115 cm³/mol. The average Bonchev–Trinajstić information content (AvgIpc) is 3.45. The van der Waals surface area contributed by atoms with Gasteiger partial charge in [0.15, 0.2) is 0 Å². The van der Waals surface area contributed by atoms with Crippen molar-refractivity contribution in [3.05, 3.63) is 72.5 Å². The Morgan fingerprint density at radius 3 is 2.44 bits per heavy atom. The molecule has 0 N–H and O–H groups in total. The molecule has 3 aromatic rings. The molecule has 3 atom stereocenters. The molecule has 3 heterocycles. The van der Waals surface area contributed by atoms with Crippen molar-refractivity contribution < 1.29 is 22.4 Å². The number of benzene rings is 3. The standard InChI is InChI=1S/C23H18FN3O4S/c24-17-9-3-4-11-20(17)32(30,31)25-13-15-12-19(25)21-22(28)27(23(29)26(15)21)18-10-5-7-14-6-1-2-8-16(14)18/h1-11,15,19,21H,12-13H2. The van der Waals surface area contributed by atoms with Crippen molar-refractivity contribution in [2.24, 2.45) is 0 Å². The second-order valence-corrected chi connectivity index (χ2v) is 10.1. The van der Waals surface area contributed by atoms with Crippen LogP contribution in [0.3, 0.4) is 0 Å². The van der Waals surface area contributed by atoms with Crippen molar-refractivity contribution in [2.75, 3.05) is 11.4 Å². The van der Waals surface area contributed by atoms with Crippen molar-refractivity contribution in [3.63, 3.8) is 0 Å². The van der Waals surface area contributed by atoms with E-state index < -0.39 is 50.8 Å². The van der Waals surface area contributed by atoms with Gasteiger partial charge in [-0.3, -0.25) is 4.79 Å². The smallest absolute Gasteiger partial charge is 0.306 e. The van der Waals surface area contributed by atoms with Gasteiger partial charge in [-0.25, -0.2) is 22.5 Å². The van der Waals surface area contributed by atoms with Gasteiger partial charge in [0.25, 0.3) is 5.91 Å². The zero-order valence-corrected chi connectivity index (χ0v) is 17.6. The maximum Gasteiger partial charge on any atom is 0.332 e. The fraction of sp³-hybridized carbons (Fsp3) is 0.217. The highest BCUT2D eigenvalue weighted by Crippen LogP contribution is 2.45. The molecule has 3 unspecified atom stereocenters. The monoisotopic (exact) mass is 451 g/mol. The molecule has 3 amide bonds. The molecule has 32 heavy (non-hydrogen) atoms. The Hall–Kier alpha value is -3.30. The van der Waals surface area contributed by atoms with E-state index in [4.69, 9.17) is 0 Å². The summed E-state index contributed by atoms with van der Waals surface area (Å²) in [6.07, 6.45) is 0.360. The highest BCUT2D eigenvalue weighted by molar-refractivity contribution is 7.89. The number of halogens is 1. The first-order valence-electron chi connectivity index (χ1n) is 10.3. The third-order valence-corrected chi connectivity index (χ3v) is 8.57. The Morgan fingerprint density at radius 1 is 0.906 bits per heavy atom. The number of nitrogens with zero attached hydrogens (tertiary/aromatic N) is 3. The van der Waals surface area contributed by atoms with E-state index in [1.807, 2.05) is 30.3 Å². The number of urea groups is 1. The molecule has 3 aliphatic heterocycles. The van der Waals surface area contributed by atoms with Gasteiger partial charge in [0.05, 0.1) is 11.7 Å². The molecule has 3 aromatic carbocycles. The van der Waals surface area contributed by atoms with Gasteiger partial charge in [-0.15, -0.1) is 0 Å². The van der Waals surface area contributed by atoms with Crippen LogP contribution in [0, 0.1) is 5.82 Å².